The van der Waals surface area contributed by atoms with Crippen LogP contribution in [-0.4, -0.2) is 13.6 Å². The number of carbonyl (C=O) groups excluding carboxylic acids is 1. The molecule has 1 aromatic carbocycles. The molecular weight excluding hydrogens is 192 g/mol. The van der Waals surface area contributed by atoms with E-state index in [4.69, 9.17) is 9.47 Å². The number of carbonyl (C=O) groups is 1. The van der Waals surface area contributed by atoms with Crippen molar-refractivity contribution in [2.45, 2.75) is 26.2 Å². The van der Waals surface area contributed by atoms with Crippen molar-refractivity contribution in [3.8, 4) is 11.5 Å². The summed E-state index contributed by atoms with van der Waals surface area (Å²) in [6.07, 6.45) is 0. The lowest BCUT2D eigenvalue weighted by atomic mass is 9.86. The van der Waals surface area contributed by atoms with Gasteiger partial charge in [0.2, 0.25) is 0 Å². The maximum absolute atomic E-state index is 10.2. The summed E-state index contributed by atoms with van der Waals surface area (Å²) >= 11 is 0. The molecule has 0 spiro atoms. The second-order valence-corrected chi connectivity index (χ2v) is 4.33. The predicted octanol–water partition coefficient (Wildman–Crippen LogP) is 2.53. The normalized spacial score (nSPS) is 10.9. The minimum Gasteiger partial charge on any atom is -0.496 e. The molecule has 0 amide bonds. The first-order valence-corrected chi connectivity index (χ1v) is 4.78. The van der Waals surface area contributed by atoms with Gasteiger partial charge >= 0.3 is 0 Å². The Labute approximate surface area is 90.0 Å². The van der Waals surface area contributed by atoms with Crippen LogP contribution < -0.4 is 9.47 Å². The highest BCUT2D eigenvalue weighted by atomic mass is 16.5. The summed E-state index contributed by atoms with van der Waals surface area (Å²) in [4.78, 5) is 10.2. The lowest BCUT2D eigenvalue weighted by Gasteiger charge is -2.22. The second kappa shape index (κ2) is 4.34. The number of hydrogen-bond acceptors (Lipinski definition) is 3. The molecule has 82 valence electrons. The molecule has 0 atom stereocenters. The molecule has 0 N–H and O–H groups in total. The second-order valence-electron chi connectivity index (χ2n) is 4.33. The van der Waals surface area contributed by atoms with Gasteiger partial charge in [0, 0.05) is 5.56 Å². The third-order valence-electron chi connectivity index (χ3n) is 2.16. The van der Waals surface area contributed by atoms with E-state index in [2.05, 4.69) is 20.8 Å². The molecule has 0 aliphatic heterocycles. The summed E-state index contributed by atoms with van der Waals surface area (Å²) in [5.74, 6) is 1.34. The fraction of sp³-hybridized carbons (Fsp3) is 0.417. The Morgan fingerprint density at radius 1 is 1.27 bits per heavy atom. The molecule has 3 heteroatoms. The third kappa shape index (κ3) is 2.72. The van der Waals surface area contributed by atoms with Crippen LogP contribution in [0.25, 0.3) is 0 Å². The molecule has 0 fully saturated rings. The number of hydrogen-bond donors (Lipinski definition) is 0. The van der Waals surface area contributed by atoms with Crippen molar-refractivity contribution in [2.75, 3.05) is 7.11 Å². The van der Waals surface area contributed by atoms with Crippen LogP contribution in [0.4, 0.5) is 0 Å². The Bertz CT molecular complexity index is 350. The van der Waals surface area contributed by atoms with Crippen LogP contribution >= 0.6 is 0 Å². The highest BCUT2D eigenvalue weighted by Gasteiger charge is 2.19. The van der Waals surface area contributed by atoms with Crippen LogP contribution in [0, 0.1) is 0 Å². The van der Waals surface area contributed by atoms with E-state index < -0.39 is 0 Å². The van der Waals surface area contributed by atoms with Crippen LogP contribution in [0.15, 0.2) is 18.2 Å². The maximum Gasteiger partial charge on any atom is 0.298 e. The van der Waals surface area contributed by atoms with Crippen LogP contribution in [0.5, 0.6) is 11.5 Å². The number of ether oxygens (including phenoxy) is 2. The zero-order valence-corrected chi connectivity index (χ0v) is 9.53. The SMILES string of the molecule is COc1ccc(OC=O)cc1C(C)(C)C. The molecule has 0 saturated carbocycles. The van der Waals surface area contributed by atoms with E-state index in [0.29, 0.717) is 12.2 Å². The minimum atomic E-state index is -0.0480. The number of methoxy groups -OCH3 is 1. The van der Waals surface area contributed by atoms with E-state index in [0.717, 1.165) is 11.3 Å². The maximum atomic E-state index is 10.2. The number of benzene rings is 1. The van der Waals surface area contributed by atoms with Crippen LogP contribution in [0.3, 0.4) is 0 Å². The fourth-order valence-electron chi connectivity index (χ4n) is 1.40. The smallest absolute Gasteiger partial charge is 0.298 e. The molecule has 15 heavy (non-hydrogen) atoms. The van der Waals surface area contributed by atoms with E-state index in [9.17, 15) is 4.79 Å². The van der Waals surface area contributed by atoms with Crippen LogP contribution in [0.1, 0.15) is 26.3 Å². The summed E-state index contributed by atoms with van der Waals surface area (Å²) in [6, 6.07) is 5.34. The van der Waals surface area contributed by atoms with Crippen molar-refractivity contribution < 1.29 is 14.3 Å². The van der Waals surface area contributed by atoms with Gasteiger partial charge in [-0.1, -0.05) is 20.8 Å². The third-order valence-corrected chi connectivity index (χ3v) is 2.16. The molecule has 0 aromatic heterocycles. The van der Waals surface area contributed by atoms with Gasteiger partial charge in [-0.2, -0.15) is 0 Å². The zero-order chi connectivity index (χ0) is 11.5. The lowest BCUT2D eigenvalue weighted by molar-refractivity contribution is -0.120. The average Bonchev–Trinajstić information content (AvgIpc) is 2.17. The van der Waals surface area contributed by atoms with E-state index in [-0.39, 0.29) is 5.41 Å². The topological polar surface area (TPSA) is 35.5 Å². The van der Waals surface area contributed by atoms with E-state index in [1.54, 1.807) is 19.2 Å². The summed E-state index contributed by atoms with van der Waals surface area (Å²) in [5, 5.41) is 0. The van der Waals surface area contributed by atoms with Gasteiger partial charge < -0.3 is 9.47 Å². The Balaban J connectivity index is 3.19. The Kier molecular flexibility index (Phi) is 3.35. The standard InChI is InChI=1S/C12H16O3/c1-12(2,3)10-7-9(15-8-13)5-6-11(10)14-4/h5-8H,1-4H3. The molecular formula is C12H16O3. The van der Waals surface area contributed by atoms with Crippen LogP contribution in [-0.2, 0) is 10.2 Å². The van der Waals surface area contributed by atoms with Gasteiger partial charge in [-0.15, -0.1) is 0 Å². The molecule has 1 rings (SSSR count). The summed E-state index contributed by atoms with van der Waals surface area (Å²) < 4.78 is 10.1. The average molecular weight is 208 g/mol. The summed E-state index contributed by atoms with van der Waals surface area (Å²) in [7, 11) is 1.63. The molecule has 1 aromatic rings. The van der Waals surface area contributed by atoms with Crippen molar-refractivity contribution in [1.82, 2.24) is 0 Å². The van der Waals surface area contributed by atoms with Crippen molar-refractivity contribution >= 4 is 6.47 Å². The van der Waals surface area contributed by atoms with E-state index in [1.807, 2.05) is 6.07 Å². The van der Waals surface area contributed by atoms with E-state index >= 15 is 0 Å². The van der Waals surface area contributed by atoms with Crippen molar-refractivity contribution in [3.63, 3.8) is 0 Å². The first kappa shape index (κ1) is 11.6. The van der Waals surface area contributed by atoms with Crippen LogP contribution in [0.2, 0.25) is 0 Å². The zero-order valence-electron chi connectivity index (χ0n) is 9.53. The predicted molar refractivity (Wildman–Crippen MR) is 58.4 cm³/mol. The van der Waals surface area contributed by atoms with E-state index in [1.165, 1.54) is 0 Å². The monoisotopic (exact) mass is 208 g/mol. The first-order chi connectivity index (χ1) is 6.99. The van der Waals surface area contributed by atoms with Gasteiger partial charge in [0.1, 0.15) is 11.5 Å². The molecule has 0 aliphatic carbocycles. The largest absolute Gasteiger partial charge is 0.496 e. The van der Waals surface area contributed by atoms with Gasteiger partial charge in [-0.05, 0) is 23.6 Å². The highest BCUT2D eigenvalue weighted by Crippen LogP contribution is 2.33. The fourth-order valence-corrected chi connectivity index (χ4v) is 1.40. The molecule has 0 unspecified atom stereocenters. The Hall–Kier alpha value is -1.51. The first-order valence-electron chi connectivity index (χ1n) is 4.78. The highest BCUT2D eigenvalue weighted by molar-refractivity contribution is 5.50. The summed E-state index contributed by atoms with van der Waals surface area (Å²) in [5.41, 5.74) is 0.970. The van der Waals surface area contributed by atoms with Gasteiger partial charge in [-0.3, -0.25) is 4.79 Å². The van der Waals surface area contributed by atoms with Crippen molar-refractivity contribution in [1.29, 1.82) is 0 Å². The Morgan fingerprint density at radius 2 is 1.93 bits per heavy atom. The Morgan fingerprint density at radius 3 is 2.40 bits per heavy atom. The van der Waals surface area contributed by atoms with Gasteiger partial charge in [0.25, 0.3) is 6.47 Å². The van der Waals surface area contributed by atoms with Crippen molar-refractivity contribution in [2.24, 2.45) is 0 Å². The minimum absolute atomic E-state index is 0.0480. The number of rotatable bonds is 3. The van der Waals surface area contributed by atoms with Gasteiger partial charge in [-0.25, -0.2) is 0 Å². The lowest BCUT2D eigenvalue weighted by Crippen LogP contribution is -2.13. The van der Waals surface area contributed by atoms with Gasteiger partial charge in [0.05, 0.1) is 7.11 Å². The molecule has 3 nitrogen and oxygen atoms in total. The molecule has 0 bridgehead atoms. The molecule has 0 saturated heterocycles. The van der Waals surface area contributed by atoms with Gasteiger partial charge in [0.15, 0.2) is 0 Å². The van der Waals surface area contributed by atoms with Crippen molar-refractivity contribution in [3.05, 3.63) is 23.8 Å². The molecule has 0 aliphatic rings. The molecule has 0 radical (unpaired) electrons. The molecule has 0 heterocycles. The quantitative estimate of drug-likeness (QED) is 0.716. The summed E-state index contributed by atoms with van der Waals surface area (Å²) in [6.45, 7) is 6.66.